The smallest absolute Gasteiger partial charge is 0.350 e. The number of aliphatic hydroxyl groups is 2. The van der Waals surface area contributed by atoms with Crippen LogP contribution in [0, 0.1) is 0 Å². The molecule has 4 heterocycles. The van der Waals surface area contributed by atoms with Gasteiger partial charge in [-0.2, -0.15) is 0 Å². The van der Waals surface area contributed by atoms with Gasteiger partial charge < -0.3 is 29.2 Å². The van der Waals surface area contributed by atoms with Crippen LogP contribution in [0.5, 0.6) is 0 Å². The van der Waals surface area contributed by atoms with Gasteiger partial charge in [0.1, 0.15) is 24.6 Å². The second kappa shape index (κ2) is 9.61. The molecule has 5 rings (SSSR count). The van der Waals surface area contributed by atoms with E-state index in [9.17, 15) is 15.0 Å². The van der Waals surface area contributed by atoms with Crippen LogP contribution in [0.1, 0.15) is 23.0 Å². The molecule has 2 saturated heterocycles. The van der Waals surface area contributed by atoms with Gasteiger partial charge in [-0.05, 0) is 18.6 Å². The van der Waals surface area contributed by atoms with Gasteiger partial charge in [0.05, 0.1) is 42.3 Å². The van der Waals surface area contributed by atoms with E-state index in [0.717, 1.165) is 18.5 Å². The monoisotopic (exact) mass is 473 g/mol. The molecule has 2 aliphatic rings. The largest absolute Gasteiger partial charge is 0.388 e. The topological polar surface area (TPSA) is 141 Å². The fourth-order valence-electron chi connectivity index (χ4n) is 3.86. The van der Waals surface area contributed by atoms with Gasteiger partial charge in [0.25, 0.3) is 0 Å². The molecule has 11 nitrogen and oxygen atoms in total. The molecule has 0 radical (unpaired) electrons. The second-order valence-electron chi connectivity index (χ2n) is 7.82. The maximum Gasteiger partial charge on any atom is 0.350 e. The van der Waals surface area contributed by atoms with Crippen LogP contribution in [0.3, 0.4) is 0 Å². The minimum atomic E-state index is -1.22. The average Bonchev–Trinajstić information content (AvgIpc) is 3.56. The number of rotatable bonds is 7. The highest BCUT2D eigenvalue weighted by molar-refractivity contribution is 7.95. The first-order valence-electron chi connectivity index (χ1n) is 10.5. The van der Waals surface area contributed by atoms with Crippen LogP contribution in [0.2, 0.25) is 0 Å². The molecule has 33 heavy (non-hydrogen) atoms. The molecular weight excluding hydrogens is 450 g/mol. The second-order valence-corrected chi connectivity index (χ2v) is 8.55. The third-order valence-corrected chi connectivity index (χ3v) is 6.35. The molecule has 5 atom stereocenters. The number of nitrogens with one attached hydrogen (secondary N) is 1. The standard InChI is InChI=1S/C21H23N5O6S/c27-16-14(9-33-32-21(29)12-4-2-1-3-5-12)31-20(17(16)28)26-11-24-15-18(22-10-23-19(15)26)25-13-6-7-30-8-13/h1-5,10-11,13-14,16-17,20,27-28H,6-9H2,(H,22,23,25)/t13-,14-,16+,17-,20-/m1/s1. The molecule has 2 aliphatic heterocycles. The minimum absolute atomic E-state index is 0.142. The summed E-state index contributed by atoms with van der Waals surface area (Å²) in [4.78, 5) is 25.1. The summed E-state index contributed by atoms with van der Waals surface area (Å²) in [5, 5.41) is 24.4. The summed E-state index contributed by atoms with van der Waals surface area (Å²) in [5.74, 6) is 0.223. The molecule has 0 amide bonds. The molecule has 0 bridgehead atoms. The SMILES string of the molecule is O=C(OSC[C@H]1O[C@@H](n2cnc3c(N[C@@H]4CCOC4)ncnc32)[C@H](O)[C@H]1O)c1ccccc1. The lowest BCUT2D eigenvalue weighted by Crippen LogP contribution is -2.32. The first-order valence-corrected chi connectivity index (χ1v) is 11.4. The van der Waals surface area contributed by atoms with Gasteiger partial charge in [0.15, 0.2) is 23.2 Å². The number of hydrogen-bond acceptors (Lipinski definition) is 11. The van der Waals surface area contributed by atoms with Crippen LogP contribution in [0.25, 0.3) is 11.2 Å². The summed E-state index contributed by atoms with van der Waals surface area (Å²) in [5.41, 5.74) is 1.42. The van der Waals surface area contributed by atoms with Crippen molar-refractivity contribution in [1.82, 2.24) is 19.5 Å². The van der Waals surface area contributed by atoms with Gasteiger partial charge in [-0.3, -0.25) is 4.57 Å². The highest BCUT2D eigenvalue weighted by Crippen LogP contribution is 2.34. The van der Waals surface area contributed by atoms with E-state index in [-0.39, 0.29) is 11.8 Å². The number of aliphatic hydroxyl groups excluding tert-OH is 2. The van der Waals surface area contributed by atoms with Crippen LogP contribution < -0.4 is 5.32 Å². The Morgan fingerprint density at radius 3 is 2.85 bits per heavy atom. The van der Waals surface area contributed by atoms with Crippen LogP contribution in [0.4, 0.5) is 5.82 Å². The normalized spacial score (nSPS) is 27.2. The molecule has 0 saturated carbocycles. The van der Waals surface area contributed by atoms with E-state index in [4.69, 9.17) is 13.7 Å². The number of imidazole rings is 1. The number of ether oxygens (including phenoxy) is 2. The van der Waals surface area contributed by atoms with Crippen molar-refractivity contribution in [3.05, 3.63) is 48.5 Å². The summed E-state index contributed by atoms with van der Waals surface area (Å²) in [6.45, 7) is 1.29. The maximum atomic E-state index is 12.1. The Bertz CT molecular complexity index is 1110. The van der Waals surface area contributed by atoms with E-state index in [2.05, 4.69) is 20.3 Å². The van der Waals surface area contributed by atoms with Crippen molar-refractivity contribution in [3.63, 3.8) is 0 Å². The lowest BCUT2D eigenvalue weighted by atomic mass is 10.1. The third kappa shape index (κ3) is 4.52. The van der Waals surface area contributed by atoms with Crippen molar-refractivity contribution >= 4 is 35.0 Å². The Balaban J connectivity index is 1.25. The number of benzene rings is 1. The Morgan fingerprint density at radius 1 is 1.21 bits per heavy atom. The van der Waals surface area contributed by atoms with Gasteiger partial charge in [-0.15, -0.1) is 0 Å². The molecule has 174 valence electrons. The number of hydrogen-bond donors (Lipinski definition) is 3. The fraction of sp³-hybridized carbons (Fsp3) is 0.429. The zero-order valence-corrected chi connectivity index (χ0v) is 18.3. The van der Waals surface area contributed by atoms with E-state index in [0.29, 0.717) is 35.8 Å². The summed E-state index contributed by atoms with van der Waals surface area (Å²) < 4.78 is 18.1. The van der Waals surface area contributed by atoms with Crippen LogP contribution >= 0.6 is 12.0 Å². The van der Waals surface area contributed by atoms with Gasteiger partial charge in [0.2, 0.25) is 0 Å². The number of fused-ring (bicyclic) bond motifs is 1. The van der Waals surface area contributed by atoms with E-state index < -0.39 is 30.5 Å². The number of nitrogens with zero attached hydrogens (tertiary/aromatic N) is 4. The van der Waals surface area contributed by atoms with Crippen molar-refractivity contribution in [2.24, 2.45) is 0 Å². The Hall–Kier alpha value is -2.77. The van der Waals surface area contributed by atoms with Gasteiger partial charge >= 0.3 is 5.97 Å². The number of aromatic nitrogens is 4. The summed E-state index contributed by atoms with van der Waals surface area (Å²) in [6.07, 6.45) is -0.271. The van der Waals surface area contributed by atoms with E-state index >= 15 is 0 Å². The van der Waals surface area contributed by atoms with Crippen molar-refractivity contribution in [1.29, 1.82) is 0 Å². The van der Waals surface area contributed by atoms with Crippen molar-refractivity contribution < 1.29 is 28.7 Å². The summed E-state index contributed by atoms with van der Waals surface area (Å²) in [7, 11) is 0. The zero-order chi connectivity index (χ0) is 22.8. The summed E-state index contributed by atoms with van der Waals surface area (Å²) in [6, 6.07) is 8.74. The van der Waals surface area contributed by atoms with Crippen LogP contribution in [-0.4, -0.2) is 79.0 Å². The van der Waals surface area contributed by atoms with Gasteiger partial charge in [0, 0.05) is 6.61 Å². The molecular formula is C21H23N5O6S. The molecule has 3 aromatic rings. The van der Waals surface area contributed by atoms with Gasteiger partial charge in [-0.1, -0.05) is 18.2 Å². The molecule has 3 N–H and O–H groups in total. The average molecular weight is 474 g/mol. The lowest BCUT2D eigenvalue weighted by Gasteiger charge is -2.17. The van der Waals surface area contributed by atoms with Gasteiger partial charge in [-0.25, -0.2) is 19.7 Å². The molecule has 0 aliphatic carbocycles. The number of carbonyl (C=O) groups excluding carboxylic acids is 1. The number of carbonyl (C=O) groups is 1. The van der Waals surface area contributed by atoms with E-state index in [1.165, 1.54) is 12.7 Å². The Kier molecular flexibility index (Phi) is 6.42. The molecule has 12 heteroatoms. The van der Waals surface area contributed by atoms with Crippen molar-refractivity contribution in [2.75, 3.05) is 24.3 Å². The molecule has 1 aromatic carbocycles. The molecule has 0 unspecified atom stereocenters. The van der Waals surface area contributed by atoms with Crippen molar-refractivity contribution in [2.45, 2.75) is 37.0 Å². The lowest BCUT2D eigenvalue weighted by molar-refractivity contribution is -0.0290. The fourth-order valence-corrected chi connectivity index (χ4v) is 4.54. The maximum absolute atomic E-state index is 12.1. The highest BCUT2D eigenvalue weighted by atomic mass is 32.2. The van der Waals surface area contributed by atoms with Crippen LogP contribution in [-0.2, 0) is 13.7 Å². The Labute approximate surface area is 193 Å². The predicted molar refractivity (Wildman–Crippen MR) is 118 cm³/mol. The van der Waals surface area contributed by atoms with E-state index in [1.807, 2.05) is 0 Å². The molecule has 0 spiro atoms. The zero-order valence-electron chi connectivity index (χ0n) is 17.5. The molecule has 2 aromatic heterocycles. The van der Waals surface area contributed by atoms with Crippen molar-refractivity contribution in [3.8, 4) is 0 Å². The minimum Gasteiger partial charge on any atom is -0.388 e. The third-order valence-electron chi connectivity index (χ3n) is 5.62. The quantitative estimate of drug-likeness (QED) is 0.426. The highest BCUT2D eigenvalue weighted by Gasteiger charge is 2.44. The predicted octanol–water partition coefficient (Wildman–Crippen LogP) is 1.15. The first kappa shape index (κ1) is 22.0. The molecule has 2 fully saturated rings. The Morgan fingerprint density at radius 2 is 2.06 bits per heavy atom. The first-order chi connectivity index (χ1) is 16.1. The summed E-state index contributed by atoms with van der Waals surface area (Å²) >= 11 is 0.864. The van der Waals surface area contributed by atoms with Crippen LogP contribution in [0.15, 0.2) is 43.0 Å². The number of anilines is 1. The van der Waals surface area contributed by atoms with E-state index in [1.54, 1.807) is 34.9 Å².